The molecule has 184 valence electrons. The largest absolute Gasteiger partial charge is 0.486 e. The molecule has 0 amide bonds. The average molecular weight is 562 g/mol. The highest BCUT2D eigenvalue weighted by Gasteiger charge is 2.25. The van der Waals surface area contributed by atoms with Gasteiger partial charge in [0, 0.05) is 53.1 Å². The van der Waals surface area contributed by atoms with Gasteiger partial charge in [-0.2, -0.15) is 0 Å². The lowest BCUT2D eigenvalue weighted by Crippen LogP contribution is -2.33. The van der Waals surface area contributed by atoms with E-state index in [-0.39, 0.29) is 12.3 Å². The molecule has 0 spiro atoms. The molecule has 6 nitrogen and oxygen atoms in total. The first-order valence-electron chi connectivity index (χ1n) is 11.1. The number of aryl methyl sites for hydroxylation is 1. The van der Waals surface area contributed by atoms with E-state index < -0.39 is 11.4 Å². The van der Waals surface area contributed by atoms with Crippen molar-refractivity contribution in [2.24, 2.45) is 0 Å². The van der Waals surface area contributed by atoms with E-state index in [0.29, 0.717) is 28.4 Å². The normalized spacial score (nSPS) is 16.5. The molecule has 0 fully saturated rings. The van der Waals surface area contributed by atoms with Gasteiger partial charge in [-0.05, 0) is 66.9 Å². The molecule has 2 aliphatic rings. The maximum absolute atomic E-state index is 14.1. The number of aromatic nitrogens is 2. The molecular formula is C26H27BrClFN4O2. The van der Waals surface area contributed by atoms with Gasteiger partial charge >= 0.3 is 0 Å². The number of rotatable bonds is 6. The molecule has 0 radical (unpaired) electrons. The second kappa shape index (κ2) is 10.1. The summed E-state index contributed by atoms with van der Waals surface area (Å²) < 4.78 is 20.5. The molecule has 0 aromatic carbocycles. The van der Waals surface area contributed by atoms with Gasteiger partial charge in [0.2, 0.25) is 0 Å². The standard InChI is InChI=1S/C26H27BrClFN4O2/c1-16-11-31-25(32-7-5-6-18(13-32)26(3,4)34)10-23(16)33-14-20(28)24(8-17(33)2)35-15-22-21(29)9-19(27)12-30-22/h5-12,34H,13-15H2,1-4H3. The van der Waals surface area contributed by atoms with Crippen molar-refractivity contribution in [1.82, 2.24) is 9.97 Å². The third kappa shape index (κ3) is 5.77. The summed E-state index contributed by atoms with van der Waals surface area (Å²) in [6.07, 6.45) is 11.0. The minimum atomic E-state index is -0.911. The van der Waals surface area contributed by atoms with Crippen molar-refractivity contribution in [3.8, 4) is 0 Å². The molecule has 4 rings (SSSR count). The van der Waals surface area contributed by atoms with Gasteiger partial charge in [0.05, 0.1) is 17.2 Å². The molecule has 2 aromatic rings. The van der Waals surface area contributed by atoms with Crippen molar-refractivity contribution in [3.05, 3.63) is 92.6 Å². The smallest absolute Gasteiger partial charge is 0.149 e. The van der Waals surface area contributed by atoms with Crippen molar-refractivity contribution in [1.29, 1.82) is 0 Å². The fourth-order valence-electron chi connectivity index (χ4n) is 3.83. The zero-order valence-corrected chi connectivity index (χ0v) is 22.4. The predicted octanol–water partition coefficient (Wildman–Crippen LogP) is 6.11. The molecule has 4 heterocycles. The quantitative estimate of drug-likeness (QED) is 0.459. The highest BCUT2D eigenvalue weighted by atomic mass is 79.9. The molecule has 9 heteroatoms. The number of hydrogen-bond donors (Lipinski definition) is 1. The number of pyridine rings is 2. The van der Waals surface area contributed by atoms with Crippen LogP contribution in [0, 0.1) is 12.7 Å². The first-order chi connectivity index (χ1) is 16.5. The van der Waals surface area contributed by atoms with Gasteiger partial charge in [-0.15, -0.1) is 0 Å². The molecule has 0 bridgehead atoms. The SMILES string of the molecule is CC1=CC(OCc2ncc(Br)cc2F)=C(Cl)CN1c1cc(N2C=CC=C(C(C)(C)O)C2)ncc1C. The lowest BCUT2D eigenvalue weighted by Gasteiger charge is -2.33. The number of nitrogens with zero attached hydrogens (tertiary/aromatic N) is 4. The maximum Gasteiger partial charge on any atom is 0.149 e. The van der Waals surface area contributed by atoms with E-state index in [2.05, 4.69) is 30.8 Å². The Morgan fingerprint density at radius 1 is 1.20 bits per heavy atom. The van der Waals surface area contributed by atoms with Crippen molar-refractivity contribution in [3.63, 3.8) is 0 Å². The molecule has 0 atom stereocenters. The van der Waals surface area contributed by atoms with Crippen LogP contribution in [0.2, 0.25) is 0 Å². The molecular weight excluding hydrogens is 535 g/mol. The first kappa shape index (κ1) is 25.4. The van der Waals surface area contributed by atoms with E-state index in [1.807, 2.05) is 55.4 Å². The van der Waals surface area contributed by atoms with Gasteiger partial charge in [0.15, 0.2) is 0 Å². The van der Waals surface area contributed by atoms with Gasteiger partial charge in [-0.1, -0.05) is 17.7 Å². The Balaban J connectivity index is 1.52. The fraction of sp³-hybridized carbons (Fsp3) is 0.308. The van der Waals surface area contributed by atoms with Crippen LogP contribution in [-0.4, -0.2) is 33.8 Å². The molecule has 2 aliphatic heterocycles. The Kier molecular flexibility index (Phi) is 7.35. The summed E-state index contributed by atoms with van der Waals surface area (Å²) in [4.78, 5) is 12.8. The predicted molar refractivity (Wildman–Crippen MR) is 141 cm³/mol. The monoisotopic (exact) mass is 560 g/mol. The van der Waals surface area contributed by atoms with Gasteiger partial charge in [0.25, 0.3) is 0 Å². The van der Waals surface area contributed by atoms with Crippen molar-refractivity contribution >= 4 is 39.0 Å². The number of anilines is 2. The summed E-state index contributed by atoms with van der Waals surface area (Å²) in [5, 5.41) is 10.9. The van der Waals surface area contributed by atoms with Crippen LogP contribution in [0.25, 0.3) is 0 Å². The Morgan fingerprint density at radius 2 is 1.97 bits per heavy atom. The minimum absolute atomic E-state index is 0.0226. The van der Waals surface area contributed by atoms with E-state index >= 15 is 0 Å². The van der Waals surface area contributed by atoms with Crippen LogP contribution >= 0.6 is 27.5 Å². The summed E-state index contributed by atoms with van der Waals surface area (Å²) in [5.74, 6) is 0.822. The molecule has 2 aromatic heterocycles. The number of ether oxygens (including phenoxy) is 1. The van der Waals surface area contributed by atoms with Crippen LogP contribution in [0.1, 0.15) is 32.0 Å². The Bertz CT molecular complexity index is 1270. The summed E-state index contributed by atoms with van der Waals surface area (Å²) in [7, 11) is 0. The minimum Gasteiger partial charge on any atom is -0.486 e. The van der Waals surface area contributed by atoms with Gasteiger partial charge in [-0.3, -0.25) is 4.98 Å². The van der Waals surface area contributed by atoms with E-state index in [1.54, 1.807) is 13.8 Å². The third-order valence-corrected chi connectivity index (χ3v) is 6.65. The highest BCUT2D eigenvalue weighted by Crippen LogP contribution is 2.34. The second-order valence-corrected chi connectivity index (χ2v) is 10.4. The molecule has 1 N–H and O–H groups in total. The number of aliphatic hydroxyl groups is 1. The van der Waals surface area contributed by atoms with Crippen molar-refractivity contribution in [2.45, 2.75) is 39.9 Å². The number of halogens is 3. The maximum atomic E-state index is 14.1. The van der Waals surface area contributed by atoms with Crippen LogP contribution in [-0.2, 0) is 11.3 Å². The van der Waals surface area contributed by atoms with Crippen molar-refractivity contribution < 1.29 is 14.2 Å². The number of allylic oxidation sites excluding steroid dienone is 4. The lowest BCUT2D eigenvalue weighted by molar-refractivity contribution is 0.118. The van der Waals surface area contributed by atoms with E-state index in [9.17, 15) is 9.50 Å². The van der Waals surface area contributed by atoms with Crippen LogP contribution < -0.4 is 9.80 Å². The third-order valence-electron chi connectivity index (χ3n) is 5.91. The number of hydrogen-bond acceptors (Lipinski definition) is 6. The summed E-state index contributed by atoms with van der Waals surface area (Å²) in [5.41, 5.74) is 3.10. The van der Waals surface area contributed by atoms with E-state index in [0.717, 1.165) is 28.3 Å². The van der Waals surface area contributed by atoms with Gasteiger partial charge in [-0.25, -0.2) is 9.37 Å². The van der Waals surface area contributed by atoms with Crippen molar-refractivity contribution in [2.75, 3.05) is 22.9 Å². The lowest BCUT2D eigenvalue weighted by atomic mass is 9.96. The highest BCUT2D eigenvalue weighted by molar-refractivity contribution is 9.10. The molecule has 0 saturated carbocycles. The summed E-state index contributed by atoms with van der Waals surface area (Å²) in [6, 6.07) is 3.37. The van der Waals surface area contributed by atoms with Crippen LogP contribution in [0.15, 0.2) is 75.5 Å². The average Bonchev–Trinajstić information content (AvgIpc) is 2.80. The summed E-state index contributed by atoms with van der Waals surface area (Å²) in [6.45, 7) is 8.46. The Morgan fingerprint density at radius 3 is 2.69 bits per heavy atom. The summed E-state index contributed by atoms with van der Waals surface area (Å²) >= 11 is 9.81. The van der Waals surface area contributed by atoms with Gasteiger partial charge in [0.1, 0.15) is 29.7 Å². The van der Waals surface area contributed by atoms with Crippen LogP contribution in [0.3, 0.4) is 0 Å². The molecule has 0 aliphatic carbocycles. The van der Waals surface area contributed by atoms with Gasteiger partial charge < -0.3 is 19.6 Å². The zero-order valence-electron chi connectivity index (χ0n) is 20.0. The van der Waals surface area contributed by atoms with Crippen LogP contribution in [0.4, 0.5) is 15.9 Å². The molecule has 0 unspecified atom stereocenters. The van der Waals surface area contributed by atoms with E-state index in [1.165, 1.54) is 12.3 Å². The second-order valence-electron chi connectivity index (χ2n) is 9.06. The molecule has 35 heavy (non-hydrogen) atoms. The van der Waals surface area contributed by atoms with Crippen LogP contribution in [0.5, 0.6) is 0 Å². The van der Waals surface area contributed by atoms with E-state index in [4.69, 9.17) is 16.3 Å². The topological polar surface area (TPSA) is 61.7 Å². The Hall–Kier alpha value is -2.68. The fourth-order valence-corrected chi connectivity index (χ4v) is 4.37. The zero-order chi connectivity index (χ0) is 25.3. The molecule has 0 saturated heterocycles. The Labute approximate surface area is 218 Å². The first-order valence-corrected chi connectivity index (χ1v) is 12.3.